The zero-order valence-electron chi connectivity index (χ0n) is 9.65. The van der Waals surface area contributed by atoms with Gasteiger partial charge in [-0.1, -0.05) is 0 Å². The fraction of sp³-hybridized carbons (Fsp3) is 0.800. The second-order valence-corrected chi connectivity index (χ2v) is 3.97. The van der Waals surface area contributed by atoms with Crippen molar-refractivity contribution in [3.05, 3.63) is 0 Å². The molecule has 0 aliphatic rings. The molecule has 0 spiro atoms. The van der Waals surface area contributed by atoms with Gasteiger partial charge in [0.25, 0.3) is 0 Å². The van der Waals surface area contributed by atoms with Crippen LogP contribution in [0.25, 0.3) is 0 Å². The minimum atomic E-state index is -0.0270. The van der Waals surface area contributed by atoms with Crippen LogP contribution >= 0.6 is 0 Å². The first kappa shape index (κ1) is 12.9. The summed E-state index contributed by atoms with van der Waals surface area (Å²) in [6, 6.07) is 0.236. The third-order valence-corrected chi connectivity index (χ3v) is 2.28. The van der Waals surface area contributed by atoms with Gasteiger partial charge < -0.3 is 9.80 Å². The number of carbonyl (C=O) groups excluding carboxylic acids is 2. The van der Waals surface area contributed by atoms with Gasteiger partial charge in [0.1, 0.15) is 0 Å². The Morgan fingerprint density at radius 3 is 2.00 bits per heavy atom. The summed E-state index contributed by atoms with van der Waals surface area (Å²) in [5.41, 5.74) is 0. The SMILES string of the molecule is CC(C)N(C=O)CC(=O)N(C)C(C)C. The molecule has 0 unspecified atom stereocenters. The zero-order valence-corrected chi connectivity index (χ0v) is 9.65. The van der Waals surface area contributed by atoms with Crippen molar-refractivity contribution < 1.29 is 9.59 Å². The predicted molar refractivity (Wildman–Crippen MR) is 55.8 cm³/mol. The fourth-order valence-corrected chi connectivity index (χ4v) is 0.897. The van der Waals surface area contributed by atoms with Gasteiger partial charge in [0.15, 0.2) is 0 Å². The van der Waals surface area contributed by atoms with Crippen LogP contribution in [0.1, 0.15) is 27.7 Å². The first-order chi connectivity index (χ1) is 6.40. The zero-order chi connectivity index (χ0) is 11.3. The normalized spacial score (nSPS) is 10.5. The highest BCUT2D eigenvalue weighted by Gasteiger charge is 2.16. The molecule has 0 N–H and O–H groups in total. The minimum Gasteiger partial charge on any atom is -0.342 e. The molecule has 0 rings (SSSR count). The largest absolute Gasteiger partial charge is 0.342 e. The van der Waals surface area contributed by atoms with Crippen molar-refractivity contribution >= 4 is 12.3 Å². The number of hydrogen-bond donors (Lipinski definition) is 0. The minimum absolute atomic E-state index is 0.0270. The Hall–Kier alpha value is -1.06. The van der Waals surface area contributed by atoms with Gasteiger partial charge >= 0.3 is 0 Å². The molecule has 0 aliphatic heterocycles. The van der Waals surface area contributed by atoms with E-state index >= 15 is 0 Å². The van der Waals surface area contributed by atoms with Gasteiger partial charge in [-0.05, 0) is 27.7 Å². The average molecular weight is 200 g/mol. The Balaban J connectivity index is 4.22. The molecular weight excluding hydrogens is 180 g/mol. The maximum atomic E-state index is 11.6. The van der Waals surface area contributed by atoms with Gasteiger partial charge in [-0.2, -0.15) is 0 Å². The Morgan fingerprint density at radius 1 is 1.21 bits per heavy atom. The highest BCUT2D eigenvalue weighted by Crippen LogP contribution is 1.99. The van der Waals surface area contributed by atoms with Crippen LogP contribution in [0.4, 0.5) is 0 Å². The van der Waals surface area contributed by atoms with Crippen LogP contribution < -0.4 is 0 Å². The molecule has 0 saturated carbocycles. The average Bonchev–Trinajstić information content (AvgIpc) is 2.11. The van der Waals surface area contributed by atoms with Gasteiger partial charge in [0.2, 0.25) is 12.3 Å². The predicted octanol–water partition coefficient (Wildman–Crippen LogP) is 0.720. The number of amides is 2. The van der Waals surface area contributed by atoms with Crippen LogP contribution in [0.15, 0.2) is 0 Å². The van der Waals surface area contributed by atoms with E-state index in [0.29, 0.717) is 0 Å². The topological polar surface area (TPSA) is 40.6 Å². The molecule has 14 heavy (non-hydrogen) atoms. The van der Waals surface area contributed by atoms with Crippen molar-refractivity contribution in [3.63, 3.8) is 0 Å². The molecule has 0 heterocycles. The van der Waals surface area contributed by atoms with E-state index in [2.05, 4.69) is 0 Å². The molecule has 0 aromatic heterocycles. The van der Waals surface area contributed by atoms with Crippen LogP contribution in [0.2, 0.25) is 0 Å². The van der Waals surface area contributed by atoms with Crippen molar-refractivity contribution in [2.45, 2.75) is 39.8 Å². The van der Waals surface area contributed by atoms with Gasteiger partial charge in [0, 0.05) is 19.1 Å². The summed E-state index contributed by atoms with van der Waals surface area (Å²) >= 11 is 0. The second kappa shape index (κ2) is 5.62. The van der Waals surface area contributed by atoms with E-state index in [9.17, 15) is 9.59 Å². The van der Waals surface area contributed by atoms with Gasteiger partial charge in [-0.3, -0.25) is 9.59 Å². The number of nitrogens with zero attached hydrogens (tertiary/aromatic N) is 2. The van der Waals surface area contributed by atoms with Crippen LogP contribution in [-0.4, -0.2) is 47.8 Å². The fourth-order valence-electron chi connectivity index (χ4n) is 0.897. The van der Waals surface area contributed by atoms with E-state index in [-0.39, 0.29) is 24.5 Å². The molecule has 0 aromatic carbocycles. The van der Waals surface area contributed by atoms with E-state index in [1.807, 2.05) is 27.7 Å². The monoisotopic (exact) mass is 200 g/mol. The summed E-state index contributed by atoms with van der Waals surface area (Å²) < 4.78 is 0. The second-order valence-electron chi connectivity index (χ2n) is 3.97. The van der Waals surface area contributed by atoms with Crippen molar-refractivity contribution in [2.75, 3.05) is 13.6 Å². The molecule has 0 aromatic rings. The molecule has 0 atom stereocenters. The van der Waals surface area contributed by atoms with E-state index in [0.717, 1.165) is 6.41 Å². The van der Waals surface area contributed by atoms with Crippen LogP contribution in [-0.2, 0) is 9.59 Å². The summed E-state index contributed by atoms with van der Waals surface area (Å²) in [6.07, 6.45) is 0.719. The molecule has 82 valence electrons. The van der Waals surface area contributed by atoms with Crippen LogP contribution in [0.5, 0.6) is 0 Å². The van der Waals surface area contributed by atoms with Gasteiger partial charge in [-0.25, -0.2) is 0 Å². The highest BCUT2D eigenvalue weighted by atomic mass is 16.2. The first-order valence-electron chi connectivity index (χ1n) is 4.86. The summed E-state index contributed by atoms with van der Waals surface area (Å²) in [5, 5.41) is 0. The number of likely N-dealkylation sites (N-methyl/N-ethyl adjacent to an activating group) is 1. The summed E-state index contributed by atoms with van der Waals surface area (Å²) in [5.74, 6) is -0.0270. The summed E-state index contributed by atoms with van der Waals surface area (Å²) in [6.45, 7) is 7.82. The standard InChI is InChI=1S/C10H20N2O2/c1-8(2)11(5)10(14)6-12(7-13)9(3)4/h7-9H,6H2,1-5H3. The number of carbonyl (C=O) groups is 2. The first-order valence-corrected chi connectivity index (χ1v) is 4.86. The summed E-state index contributed by atoms with van der Waals surface area (Å²) in [7, 11) is 1.75. The third kappa shape index (κ3) is 3.77. The van der Waals surface area contributed by atoms with Crippen molar-refractivity contribution in [3.8, 4) is 0 Å². The lowest BCUT2D eigenvalue weighted by atomic mass is 10.3. The van der Waals surface area contributed by atoms with E-state index in [4.69, 9.17) is 0 Å². The molecule has 2 amide bonds. The Kier molecular flexibility index (Phi) is 5.20. The number of rotatable bonds is 5. The Bertz CT molecular complexity index is 202. The van der Waals surface area contributed by atoms with Gasteiger partial charge in [-0.15, -0.1) is 0 Å². The van der Waals surface area contributed by atoms with Crippen molar-refractivity contribution in [1.82, 2.24) is 9.80 Å². The molecule has 0 fully saturated rings. The lowest BCUT2D eigenvalue weighted by molar-refractivity contribution is -0.136. The quantitative estimate of drug-likeness (QED) is 0.614. The molecule has 0 saturated heterocycles. The van der Waals surface area contributed by atoms with E-state index in [1.54, 1.807) is 11.9 Å². The van der Waals surface area contributed by atoms with Crippen molar-refractivity contribution in [1.29, 1.82) is 0 Å². The smallest absolute Gasteiger partial charge is 0.242 e. The van der Waals surface area contributed by atoms with Crippen LogP contribution in [0, 0.1) is 0 Å². The molecule has 4 nitrogen and oxygen atoms in total. The Labute approximate surface area is 85.9 Å². The summed E-state index contributed by atoms with van der Waals surface area (Å²) in [4.78, 5) is 25.3. The van der Waals surface area contributed by atoms with E-state index in [1.165, 1.54) is 4.90 Å². The lowest BCUT2D eigenvalue weighted by Gasteiger charge is -2.26. The molecule has 4 heteroatoms. The maximum Gasteiger partial charge on any atom is 0.242 e. The number of hydrogen-bond acceptors (Lipinski definition) is 2. The third-order valence-electron chi connectivity index (χ3n) is 2.28. The molecular formula is C10H20N2O2. The highest BCUT2D eigenvalue weighted by molar-refractivity contribution is 5.80. The van der Waals surface area contributed by atoms with Crippen molar-refractivity contribution in [2.24, 2.45) is 0 Å². The van der Waals surface area contributed by atoms with Gasteiger partial charge in [0.05, 0.1) is 6.54 Å². The lowest BCUT2D eigenvalue weighted by Crippen LogP contribution is -2.43. The molecule has 0 aliphatic carbocycles. The maximum absolute atomic E-state index is 11.6. The Morgan fingerprint density at radius 2 is 1.71 bits per heavy atom. The molecule has 0 radical (unpaired) electrons. The van der Waals surface area contributed by atoms with Crippen LogP contribution in [0.3, 0.4) is 0 Å². The van der Waals surface area contributed by atoms with E-state index < -0.39 is 0 Å². The molecule has 0 bridgehead atoms.